The molecule has 0 spiro atoms. The van der Waals surface area contributed by atoms with Gasteiger partial charge in [0, 0.05) is 5.56 Å². The molecule has 0 saturated heterocycles. The van der Waals surface area contributed by atoms with Gasteiger partial charge in [-0.2, -0.15) is 0 Å². The number of hydrogen-bond acceptors (Lipinski definition) is 3. The summed E-state index contributed by atoms with van der Waals surface area (Å²) < 4.78 is 12.2. The highest BCUT2D eigenvalue weighted by Gasteiger charge is 2.12. The van der Waals surface area contributed by atoms with Gasteiger partial charge in [0.1, 0.15) is 17.3 Å². The van der Waals surface area contributed by atoms with E-state index in [9.17, 15) is 0 Å². The van der Waals surface area contributed by atoms with Crippen LogP contribution in [0.5, 0.6) is 5.75 Å². The standard InChI is InChI=1S/C16H20BrNO2/c1-4-9-18-11(2)14-7-8-15(20-14)12-5-6-13(17)16(10-12)19-3/h5-8,10-11,18H,4,9H2,1-3H3. The summed E-state index contributed by atoms with van der Waals surface area (Å²) in [6.45, 7) is 5.26. The Kier molecular flexibility index (Phi) is 5.26. The van der Waals surface area contributed by atoms with Crippen LogP contribution in [0.1, 0.15) is 32.1 Å². The molecule has 2 aromatic rings. The topological polar surface area (TPSA) is 34.4 Å². The van der Waals surface area contributed by atoms with Crippen LogP contribution in [-0.4, -0.2) is 13.7 Å². The van der Waals surface area contributed by atoms with Crippen LogP contribution in [-0.2, 0) is 0 Å². The molecule has 0 fully saturated rings. The summed E-state index contributed by atoms with van der Waals surface area (Å²) in [5, 5.41) is 3.42. The van der Waals surface area contributed by atoms with Gasteiger partial charge in [0.2, 0.25) is 0 Å². The molecule has 4 heteroatoms. The normalized spacial score (nSPS) is 12.4. The Labute approximate surface area is 128 Å². The first-order chi connectivity index (χ1) is 9.65. The van der Waals surface area contributed by atoms with Gasteiger partial charge in [-0.05, 0) is 66.2 Å². The molecule has 1 N–H and O–H groups in total. The molecule has 1 atom stereocenters. The Balaban J connectivity index is 2.20. The van der Waals surface area contributed by atoms with Gasteiger partial charge < -0.3 is 14.5 Å². The second-order valence-corrected chi connectivity index (χ2v) is 5.58. The minimum Gasteiger partial charge on any atom is -0.496 e. The second-order valence-electron chi connectivity index (χ2n) is 4.73. The monoisotopic (exact) mass is 337 g/mol. The van der Waals surface area contributed by atoms with E-state index < -0.39 is 0 Å². The van der Waals surface area contributed by atoms with Crippen molar-refractivity contribution in [3.63, 3.8) is 0 Å². The van der Waals surface area contributed by atoms with Gasteiger partial charge in [-0.1, -0.05) is 6.92 Å². The SMILES string of the molecule is CCCNC(C)c1ccc(-c2ccc(Br)c(OC)c2)o1. The number of methoxy groups -OCH3 is 1. The van der Waals surface area contributed by atoms with Gasteiger partial charge in [0.05, 0.1) is 17.6 Å². The number of halogens is 1. The van der Waals surface area contributed by atoms with Crippen molar-refractivity contribution in [3.8, 4) is 17.1 Å². The van der Waals surface area contributed by atoms with Crippen molar-refractivity contribution in [2.24, 2.45) is 0 Å². The largest absolute Gasteiger partial charge is 0.496 e. The van der Waals surface area contributed by atoms with E-state index in [0.29, 0.717) is 0 Å². The van der Waals surface area contributed by atoms with Crippen molar-refractivity contribution in [2.45, 2.75) is 26.3 Å². The molecule has 2 rings (SSSR count). The molecule has 0 aliphatic carbocycles. The summed E-state index contributed by atoms with van der Waals surface area (Å²) in [6, 6.07) is 10.2. The first-order valence-corrected chi connectivity index (χ1v) is 7.62. The third kappa shape index (κ3) is 3.44. The third-order valence-corrected chi connectivity index (χ3v) is 3.84. The third-order valence-electron chi connectivity index (χ3n) is 3.19. The summed E-state index contributed by atoms with van der Waals surface area (Å²) in [5.74, 6) is 2.61. The number of ether oxygens (including phenoxy) is 1. The lowest BCUT2D eigenvalue weighted by atomic mass is 10.1. The van der Waals surface area contributed by atoms with Crippen molar-refractivity contribution in [3.05, 3.63) is 40.6 Å². The lowest BCUT2D eigenvalue weighted by Crippen LogP contribution is -2.18. The van der Waals surface area contributed by atoms with E-state index in [1.165, 1.54) is 0 Å². The van der Waals surface area contributed by atoms with E-state index in [-0.39, 0.29) is 6.04 Å². The first kappa shape index (κ1) is 15.1. The van der Waals surface area contributed by atoms with E-state index in [0.717, 1.165) is 40.3 Å². The van der Waals surface area contributed by atoms with Crippen LogP contribution in [0.25, 0.3) is 11.3 Å². The summed E-state index contributed by atoms with van der Waals surface area (Å²) in [7, 11) is 1.66. The fourth-order valence-corrected chi connectivity index (χ4v) is 2.42. The fraction of sp³-hybridized carbons (Fsp3) is 0.375. The van der Waals surface area contributed by atoms with Gasteiger partial charge in [0.25, 0.3) is 0 Å². The molecular weight excluding hydrogens is 318 g/mol. The minimum atomic E-state index is 0.223. The average Bonchev–Trinajstić information content (AvgIpc) is 2.95. The zero-order chi connectivity index (χ0) is 14.5. The van der Waals surface area contributed by atoms with E-state index >= 15 is 0 Å². The number of nitrogens with one attached hydrogen (secondary N) is 1. The molecule has 1 unspecified atom stereocenters. The maximum atomic E-state index is 5.93. The summed E-state index contributed by atoms with van der Waals surface area (Å²) in [6.07, 6.45) is 1.11. The van der Waals surface area contributed by atoms with Crippen LogP contribution in [0, 0.1) is 0 Å². The first-order valence-electron chi connectivity index (χ1n) is 6.82. The predicted molar refractivity (Wildman–Crippen MR) is 85.1 cm³/mol. The molecule has 0 radical (unpaired) electrons. The lowest BCUT2D eigenvalue weighted by molar-refractivity contribution is 0.411. The van der Waals surface area contributed by atoms with Gasteiger partial charge in [-0.15, -0.1) is 0 Å². The van der Waals surface area contributed by atoms with Crippen molar-refractivity contribution in [1.82, 2.24) is 5.32 Å². The number of furan rings is 1. The number of rotatable bonds is 6. The van der Waals surface area contributed by atoms with Crippen LogP contribution < -0.4 is 10.1 Å². The van der Waals surface area contributed by atoms with Crippen LogP contribution in [0.2, 0.25) is 0 Å². The summed E-state index contributed by atoms with van der Waals surface area (Å²) in [5.41, 5.74) is 1.01. The molecule has 108 valence electrons. The molecular formula is C16H20BrNO2. The molecule has 0 aliphatic rings. The molecule has 0 aliphatic heterocycles. The molecule has 0 amide bonds. The quantitative estimate of drug-likeness (QED) is 0.823. The molecule has 0 bridgehead atoms. The van der Waals surface area contributed by atoms with Crippen LogP contribution >= 0.6 is 15.9 Å². The highest BCUT2D eigenvalue weighted by atomic mass is 79.9. The van der Waals surface area contributed by atoms with E-state index in [4.69, 9.17) is 9.15 Å². The summed E-state index contributed by atoms with van der Waals surface area (Å²) >= 11 is 3.45. The van der Waals surface area contributed by atoms with Gasteiger partial charge in [0.15, 0.2) is 0 Å². The van der Waals surface area contributed by atoms with E-state index in [1.54, 1.807) is 7.11 Å². The van der Waals surface area contributed by atoms with Crippen LogP contribution in [0.15, 0.2) is 39.2 Å². The van der Waals surface area contributed by atoms with Crippen molar-refractivity contribution >= 4 is 15.9 Å². The number of hydrogen-bond donors (Lipinski definition) is 1. The Bertz CT molecular complexity index is 565. The smallest absolute Gasteiger partial charge is 0.134 e. The molecule has 0 saturated carbocycles. The van der Waals surface area contributed by atoms with Crippen molar-refractivity contribution < 1.29 is 9.15 Å². The maximum absolute atomic E-state index is 5.93. The van der Waals surface area contributed by atoms with Crippen LogP contribution in [0.3, 0.4) is 0 Å². The average molecular weight is 338 g/mol. The Morgan fingerprint density at radius 3 is 2.80 bits per heavy atom. The molecule has 3 nitrogen and oxygen atoms in total. The predicted octanol–water partition coefficient (Wildman–Crippen LogP) is 4.78. The number of benzene rings is 1. The highest BCUT2D eigenvalue weighted by Crippen LogP contribution is 2.32. The zero-order valence-corrected chi connectivity index (χ0v) is 13.7. The Morgan fingerprint density at radius 1 is 1.30 bits per heavy atom. The Hall–Kier alpha value is -1.26. The second kappa shape index (κ2) is 6.95. The highest BCUT2D eigenvalue weighted by molar-refractivity contribution is 9.10. The van der Waals surface area contributed by atoms with Crippen molar-refractivity contribution in [2.75, 3.05) is 13.7 Å². The molecule has 1 aromatic heterocycles. The van der Waals surface area contributed by atoms with E-state index in [2.05, 4.69) is 35.1 Å². The fourth-order valence-electron chi connectivity index (χ4n) is 2.02. The van der Waals surface area contributed by atoms with Gasteiger partial charge >= 0.3 is 0 Å². The van der Waals surface area contributed by atoms with Crippen LogP contribution in [0.4, 0.5) is 0 Å². The maximum Gasteiger partial charge on any atom is 0.134 e. The van der Waals surface area contributed by atoms with Gasteiger partial charge in [-0.25, -0.2) is 0 Å². The van der Waals surface area contributed by atoms with Crippen molar-refractivity contribution in [1.29, 1.82) is 0 Å². The molecule has 1 heterocycles. The lowest BCUT2D eigenvalue weighted by Gasteiger charge is -2.10. The Morgan fingerprint density at radius 2 is 2.10 bits per heavy atom. The van der Waals surface area contributed by atoms with Gasteiger partial charge in [-0.3, -0.25) is 0 Å². The zero-order valence-electron chi connectivity index (χ0n) is 12.1. The minimum absolute atomic E-state index is 0.223. The molecule has 20 heavy (non-hydrogen) atoms. The summed E-state index contributed by atoms with van der Waals surface area (Å²) in [4.78, 5) is 0. The van der Waals surface area contributed by atoms with E-state index in [1.807, 2.05) is 30.3 Å². The molecule has 1 aromatic carbocycles.